The van der Waals surface area contributed by atoms with Gasteiger partial charge in [-0.2, -0.15) is 0 Å². The maximum Gasteiger partial charge on any atom is 0.274 e. The number of hydrogen-bond donors (Lipinski definition) is 1. The monoisotopic (exact) mass is 476 g/mol. The molecule has 6 rings (SSSR count). The maximum absolute atomic E-state index is 13.8. The van der Waals surface area contributed by atoms with E-state index >= 15 is 0 Å². The molecule has 0 bridgehead atoms. The summed E-state index contributed by atoms with van der Waals surface area (Å²) < 4.78 is 19.1. The van der Waals surface area contributed by atoms with Crippen molar-refractivity contribution < 1.29 is 18.5 Å². The third kappa shape index (κ3) is 3.56. The quantitative estimate of drug-likeness (QED) is 0.464. The molecule has 1 saturated heterocycles. The Balaban J connectivity index is 1.23. The molecule has 9 heteroatoms. The van der Waals surface area contributed by atoms with Crippen molar-refractivity contribution in [2.45, 2.75) is 19.4 Å². The van der Waals surface area contributed by atoms with Gasteiger partial charge in [-0.1, -0.05) is 29.4 Å². The molecule has 7 nitrogen and oxygen atoms in total. The smallest absolute Gasteiger partial charge is 0.274 e. The number of rotatable bonds is 5. The van der Waals surface area contributed by atoms with Crippen molar-refractivity contribution in [3.8, 4) is 10.4 Å². The van der Waals surface area contributed by atoms with Gasteiger partial charge in [0.25, 0.3) is 11.8 Å². The number of piperidine rings is 1. The minimum atomic E-state index is -0.356. The average molecular weight is 477 g/mol. The van der Waals surface area contributed by atoms with Gasteiger partial charge in [0.2, 0.25) is 0 Å². The van der Waals surface area contributed by atoms with Gasteiger partial charge in [-0.15, -0.1) is 11.3 Å². The van der Waals surface area contributed by atoms with Gasteiger partial charge in [-0.05, 0) is 55.0 Å². The van der Waals surface area contributed by atoms with Gasteiger partial charge in [0.15, 0.2) is 11.3 Å². The van der Waals surface area contributed by atoms with Crippen molar-refractivity contribution in [2.24, 2.45) is 11.8 Å². The Labute approximate surface area is 198 Å². The van der Waals surface area contributed by atoms with Crippen molar-refractivity contribution in [3.63, 3.8) is 0 Å². The van der Waals surface area contributed by atoms with E-state index < -0.39 is 0 Å². The molecule has 0 unspecified atom stereocenters. The standard InChI is InChI=1S/C25H21FN4O3S/c1-13-28-22(23(34-13)14-5-4-6-16(26)9-14)25(32)30-12-15-10-18(15)19(30)11-27-24(31)21-17-7-2-3-8-20(17)33-29-21/h2-9,15,18-19H,10-12H2,1H3,(H,27,31)/t15-,18-,19-/m1/s1. The number of benzene rings is 2. The summed E-state index contributed by atoms with van der Waals surface area (Å²) in [7, 11) is 0. The van der Waals surface area contributed by atoms with Crippen molar-refractivity contribution >= 4 is 34.1 Å². The Hall–Kier alpha value is -3.59. The maximum atomic E-state index is 13.8. The van der Waals surface area contributed by atoms with E-state index in [1.165, 1.54) is 23.5 Å². The second kappa shape index (κ2) is 8.02. The number of likely N-dealkylation sites (tertiary alicyclic amines) is 1. The van der Waals surface area contributed by atoms with Crippen molar-refractivity contribution in [1.82, 2.24) is 20.4 Å². The Bertz CT molecular complexity index is 1430. The van der Waals surface area contributed by atoms with Crippen LogP contribution in [0.15, 0.2) is 53.1 Å². The highest BCUT2D eigenvalue weighted by molar-refractivity contribution is 7.15. The van der Waals surface area contributed by atoms with Crippen LogP contribution in [0.2, 0.25) is 0 Å². The number of hydrogen-bond acceptors (Lipinski definition) is 6. The average Bonchev–Trinajstić information content (AvgIpc) is 3.17. The highest BCUT2D eigenvalue weighted by Gasteiger charge is 2.54. The highest BCUT2D eigenvalue weighted by atomic mass is 32.1. The van der Waals surface area contributed by atoms with E-state index in [0.29, 0.717) is 52.0 Å². The predicted octanol–water partition coefficient (Wildman–Crippen LogP) is 4.29. The SMILES string of the molecule is Cc1nc(C(=O)N2C[C@H]3C[C@H]3[C@H]2CNC(=O)c2noc3ccccc23)c(-c2cccc(F)c2)s1. The van der Waals surface area contributed by atoms with Crippen LogP contribution in [-0.2, 0) is 0 Å². The van der Waals surface area contributed by atoms with Crippen LogP contribution in [0.4, 0.5) is 4.39 Å². The van der Waals surface area contributed by atoms with E-state index in [2.05, 4.69) is 15.5 Å². The minimum absolute atomic E-state index is 0.123. The Morgan fingerprint density at radius 1 is 1.21 bits per heavy atom. The van der Waals surface area contributed by atoms with Crippen LogP contribution in [0, 0.1) is 24.6 Å². The third-order valence-corrected chi connectivity index (χ3v) is 7.67. The largest absolute Gasteiger partial charge is 0.355 e. The predicted molar refractivity (Wildman–Crippen MR) is 125 cm³/mol. The molecule has 2 aromatic heterocycles. The summed E-state index contributed by atoms with van der Waals surface area (Å²) >= 11 is 1.38. The van der Waals surface area contributed by atoms with Gasteiger partial charge in [-0.25, -0.2) is 9.37 Å². The molecule has 172 valence electrons. The molecule has 2 amide bonds. The first-order valence-electron chi connectivity index (χ1n) is 11.2. The molecule has 0 radical (unpaired) electrons. The lowest BCUT2D eigenvalue weighted by atomic mass is 10.1. The lowest BCUT2D eigenvalue weighted by molar-refractivity contribution is 0.0690. The fourth-order valence-electron chi connectivity index (χ4n) is 4.93. The second-order valence-corrected chi connectivity index (χ2v) is 10.0. The number of aromatic nitrogens is 2. The molecular weight excluding hydrogens is 455 g/mol. The summed E-state index contributed by atoms with van der Waals surface area (Å²) in [6.45, 7) is 2.80. The van der Waals surface area contributed by atoms with Gasteiger partial charge in [0, 0.05) is 13.1 Å². The van der Waals surface area contributed by atoms with Gasteiger partial charge < -0.3 is 14.7 Å². The Morgan fingerprint density at radius 3 is 2.91 bits per heavy atom. The summed E-state index contributed by atoms with van der Waals surface area (Å²) in [4.78, 5) is 33.4. The first-order valence-corrected chi connectivity index (χ1v) is 12.0. The van der Waals surface area contributed by atoms with Crippen LogP contribution in [0.3, 0.4) is 0 Å². The lowest BCUT2D eigenvalue weighted by Gasteiger charge is -2.27. The van der Waals surface area contributed by atoms with Gasteiger partial charge in [0.05, 0.1) is 21.3 Å². The molecule has 1 saturated carbocycles. The highest BCUT2D eigenvalue weighted by Crippen LogP contribution is 2.50. The van der Waals surface area contributed by atoms with Crippen LogP contribution in [0.25, 0.3) is 21.4 Å². The first kappa shape index (κ1) is 21.0. The number of halogens is 1. The van der Waals surface area contributed by atoms with E-state index in [4.69, 9.17) is 4.52 Å². The number of thiazole rings is 1. The van der Waals surface area contributed by atoms with E-state index in [-0.39, 0.29) is 29.4 Å². The zero-order chi connectivity index (χ0) is 23.4. The van der Waals surface area contributed by atoms with E-state index in [1.54, 1.807) is 24.3 Å². The summed E-state index contributed by atoms with van der Waals surface area (Å²) in [6, 6.07) is 13.3. The molecule has 1 N–H and O–H groups in total. The number of nitrogens with zero attached hydrogens (tertiary/aromatic N) is 3. The zero-order valence-electron chi connectivity index (χ0n) is 18.3. The van der Waals surface area contributed by atoms with Crippen molar-refractivity contribution in [3.05, 3.63) is 70.7 Å². The van der Waals surface area contributed by atoms with Crippen LogP contribution < -0.4 is 5.32 Å². The summed E-state index contributed by atoms with van der Waals surface area (Å²) in [5.74, 6) is -0.0644. The number of carbonyl (C=O) groups is 2. The molecule has 2 aliphatic rings. The lowest BCUT2D eigenvalue weighted by Crippen LogP contribution is -2.45. The number of fused-ring (bicyclic) bond motifs is 2. The van der Waals surface area contributed by atoms with Gasteiger partial charge in [0.1, 0.15) is 11.5 Å². The third-order valence-electron chi connectivity index (χ3n) is 6.65. The normalized spacial score (nSPS) is 21.0. The van der Waals surface area contributed by atoms with E-state index in [1.807, 2.05) is 24.0 Å². The zero-order valence-corrected chi connectivity index (χ0v) is 19.1. The van der Waals surface area contributed by atoms with Crippen LogP contribution >= 0.6 is 11.3 Å². The number of nitrogens with one attached hydrogen (secondary N) is 1. The molecule has 2 aromatic carbocycles. The van der Waals surface area contributed by atoms with Crippen molar-refractivity contribution in [1.29, 1.82) is 0 Å². The number of para-hydroxylation sites is 1. The molecule has 1 aliphatic carbocycles. The topological polar surface area (TPSA) is 88.3 Å². The minimum Gasteiger partial charge on any atom is -0.355 e. The summed E-state index contributed by atoms with van der Waals surface area (Å²) in [5, 5.41) is 8.27. The molecular formula is C25H21FN4O3S. The molecule has 1 aliphatic heterocycles. The molecule has 4 aromatic rings. The van der Waals surface area contributed by atoms with E-state index in [0.717, 1.165) is 11.4 Å². The van der Waals surface area contributed by atoms with Crippen LogP contribution in [0.1, 0.15) is 32.4 Å². The van der Waals surface area contributed by atoms with E-state index in [9.17, 15) is 14.0 Å². The van der Waals surface area contributed by atoms with Crippen molar-refractivity contribution in [2.75, 3.05) is 13.1 Å². The molecule has 2 fully saturated rings. The van der Waals surface area contributed by atoms with Crippen LogP contribution in [-0.4, -0.2) is 46.0 Å². The molecule has 3 atom stereocenters. The Morgan fingerprint density at radius 2 is 2.06 bits per heavy atom. The fourth-order valence-corrected chi connectivity index (χ4v) is 5.84. The fraction of sp³-hybridized carbons (Fsp3) is 0.280. The number of carbonyl (C=O) groups excluding carboxylic acids is 2. The number of aryl methyl sites for hydroxylation is 1. The first-order chi connectivity index (χ1) is 16.5. The summed E-state index contributed by atoms with van der Waals surface area (Å²) in [6.07, 6.45) is 1.05. The number of amides is 2. The Kier molecular flexibility index (Phi) is 4.95. The summed E-state index contributed by atoms with van der Waals surface area (Å²) in [5.41, 5.74) is 1.77. The second-order valence-electron chi connectivity index (χ2n) is 8.84. The molecule has 34 heavy (non-hydrogen) atoms. The van der Waals surface area contributed by atoms with Gasteiger partial charge in [-0.3, -0.25) is 9.59 Å². The van der Waals surface area contributed by atoms with Crippen LogP contribution in [0.5, 0.6) is 0 Å². The molecule has 3 heterocycles. The molecule has 0 spiro atoms. The van der Waals surface area contributed by atoms with Gasteiger partial charge >= 0.3 is 0 Å².